The molecule has 1 aromatic rings. The van der Waals surface area contributed by atoms with Crippen molar-refractivity contribution in [2.75, 3.05) is 18.9 Å². The van der Waals surface area contributed by atoms with E-state index in [-0.39, 0.29) is 29.9 Å². The van der Waals surface area contributed by atoms with Crippen molar-refractivity contribution in [3.8, 4) is 0 Å². The Morgan fingerprint density at radius 1 is 1.12 bits per heavy atom. The van der Waals surface area contributed by atoms with Crippen molar-refractivity contribution in [2.24, 2.45) is 16.8 Å². The van der Waals surface area contributed by atoms with E-state index in [9.17, 15) is 4.79 Å². The molecule has 1 amide bonds. The number of amides is 1. The molecule has 3 N–H and O–H groups in total. The van der Waals surface area contributed by atoms with Crippen molar-refractivity contribution in [2.45, 2.75) is 47.1 Å². The third kappa shape index (κ3) is 11.0. The molecule has 0 saturated heterocycles. The number of nitrogens with one attached hydrogen (secondary N) is 3. The van der Waals surface area contributed by atoms with E-state index >= 15 is 0 Å². The number of benzene rings is 1. The maximum Gasteiger partial charge on any atom is 0.224 e. The van der Waals surface area contributed by atoms with Crippen LogP contribution in [0, 0.1) is 11.8 Å². The first kappa shape index (κ1) is 23.7. The van der Waals surface area contributed by atoms with Crippen LogP contribution < -0.4 is 16.0 Å². The van der Waals surface area contributed by atoms with Gasteiger partial charge in [-0.05, 0) is 36.0 Å². The van der Waals surface area contributed by atoms with Gasteiger partial charge in [-0.1, -0.05) is 39.8 Å². The zero-order chi connectivity index (χ0) is 17.9. The number of carbonyl (C=O) groups excluding carboxylic acids is 1. The molecule has 0 aliphatic rings. The van der Waals surface area contributed by atoms with E-state index in [0.717, 1.165) is 30.2 Å². The molecular weight excluding hydrogens is 427 g/mol. The second-order valence-corrected chi connectivity index (χ2v) is 6.88. The average Bonchev–Trinajstić information content (AvgIpc) is 2.49. The van der Waals surface area contributed by atoms with E-state index in [2.05, 4.69) is 34.8 Å². The van der Waals surface area contributed by atoms with Crippen LogP contribution in [-0.2, 0) is 11.3 Å². The number of rotatable bonds is 8. The molecule has 0 aliphatic heterocycles. The van der Waals surface area contributed by atoms with Crippen LogP contribution >= 0.6 is 24.0 Å². The Labute approximate surface area is 169 Å². The molecule has 0 aromatic heterocycles. The van der Waals surface area contributed by atoms with Crippen LogP contribution in [0.3, 0.4) is 0 Å². The van der Waals surface area contributed by atoms with Gasteiger partial charge in [0.25, 0.3) is 0 Å². The van der Waals surface area contributed by atoms with Crippen molar-refractivity contribution in [3.05, 3.63) is 29.8 Å². The summed E-state index contributed by atoms with van der Waals surface area (Å²) in [6.07, 6.45) is 1.65. The Morgan fingerprint density at radius 2 is 1.84 bits per heavy atom. The van der Waals surface area contributed by atoms with Gasteiger partial charge in [-0.15, -0.1) is 24.0 Å². The molecule has 1 aromatic carbocycles. The molecule has 142 valence electrons. The first-order valence-corrected chi connectivity index (χ1v) is 8.74. The molecule has 0 spiro atoms. The lowest BCUT2D eigenvalue weighted by atomic mass is 10.1. The Kier molecular flexibility index (Phi) is 12.3. The van der Waals surface area contributed by atoms with Crippen LogP contribution in [0.4, 0.5) is 5.69 Å². The van der Waals surface area contributed by atoms with Gasteiger partial charge in [0.05, 0.1) is 0 Å². The van der Waals surface area contributed by atoms with Gasteiger partial charge >= 0.3 is 0 Å². The second-order valence-electron chi connectivity index (χ2n) is 6.88. The zero-order valence-electron chi connectivity index (χ0n) is 16.1. The van der Waals surface area contributed by atoms with Crippen LogP contribution in [-0.4, -0.2) is 25.5 Å². The Balaban J connectivity index is 0.00000576. The first-order chi connectivity index (χ1) is 11.4. The van der Waals surface area contributed by atoms with Crippen LogP contribution in [0.5, 0.6) is 0 Å². The Hall–Kier alpha value is -1.31. The Morgan fingerprint density at radius 3 is 2.44 bits per heavy atom. The summed E-state index contributed by atoms with van der Waals surface area (Å²) in [6.45, 7) is 10.1. The number of hydrogen-bond donors (Lipinski definition) is 3. The zero-order valence-corrected chi connectivity index (χ0v) is 18.4. The predicted octanol–water partition coefficient (Wildman–Crippen LogP) is 4.00. The van der Waals surface area contributed by atoms with E-state index in [0.29, 0.717) is 24.8 Å². The van der Waals surface area contributed by atoms with Gasteiger partial charge in [0.15, 0.2) is 5.96 Å². The highest BCUT2D eigenvalue weighted by atomic mass is 127. The largest absolute Gasteiger partial charge is 0.356 e. The molecule has 6 heteroatoms. The lowest BCUT2D eigenvalue weighted by Crippen LogP contribution is -2.37. The SMILES string of the molecule is CN=C(NCCC(C)C)NCc1cccc(NC(=O)CC(C)C)c1.I. The fourth-order valence-corrected chi connectivity index (χ4v) is 2.23. The lowest BCUT2D eigenvalue weighted by Gasteiger charge is -2.13. The first-order valence-electron chi connectivity index (χ1n) is 8.74. The summed E-state index contributed by atoms with van der Waals surface area (Å²) >= 11 is 0. The van der Waals surface area contributed by atoms with E-state index in [1.165, 1.54) is 0 Å². The highest BCUT2D eigenvalue weighted by Crippen LogP contribution is 2.12. The van der Waals surface area contributed by atoms with Gasteiger partial charge in [0, 0.05) is 32.2 Å². The summed E-state index contributed by atoms with van der Waals surface area (Å²) in [5.74, 6) is 1.88. The number of hydrogen-bond acceptors (Lipinski definition) is 2. The highest BCUT2D eigenvalue weighted by Gasteiger charge is 2.06. The molecule has 0 bridgehead atoms. The van der Waals surface area contributed by atoms with Gasteiger partial charge in [0.1, 0.15) is 0 Å². The summed E-state index contributed by atoms with van der Waals surface area (Å²) in [6, 6.07) is 7.90. The van der Waals surface area contributed by atoms with E-state index < -0.39 is 0 Å². The minimum absolute atomic E-state index is 0. The average molecular weight is 460 g/mol. The van der Waals surface area contributed by atoms with E-state index in [1.54, 1.807) is 7.05 Å². The van der Waals surface area contributed by atoms with E-state index in [1.807, 2.05) is 38.1 Å². The molecule has 0 unspecified atom stereocenters. The van der Waals surface area contributed by atoms with Gasteiger partial charge in [-0.25, -0.2) is 0 Å². The number of guanidine groups is 1. The third-order valence-corrected chi connectivity index (χ3v) is 3.50. The number of aliphatic imine (C=N–C) groups is 1. The summed E-state index contributed by atoms with van der Waals surface area (Å²) in [4.78, 5) is 16.1. The minimum atomic E-state index is 0. The predicted molar refractivity (Wildman–Crippen MR) is 118 cm³/mol. The topological polar surface area (TPSA) is 65.5 Å². The fraction of sp³-hybridized carbons (Fsp3) is 0.579. The molecule has 0 radical (unpaired) electrons. The molecule has 0 heterocycles. The van der Waals surface area contributed by atoms with Crippen molar-refractivity contribution in [3.63, 3.8) is 0 Å². The number of anilines is 1. The van der Waals surface area contributed by atoms with Crippen molar-refractivity contribution in [1.29, 1.82) is 0 Å². The van der Waals surface area contributed by atoms with Crippen molar-refractivity contribution >= 4 is 41.5 Å². The molecule has 25 heavy (non-hydrogen) atoms. The van der Waals surface area contributed by atoms with Crippen LogP contribution in [0.25, 0.3) is 0 Å². The molecular formula is C19H33IN4O. The van der Waals surface area contributed by atoms with Crippen LogP contribution in [0.15, 0.2) is 29.3 Å². The fourth-order valence-electron chi connectivity index (χ4n) is 2.23. The van der Waals surface area contributed by atoms with Crippen molar-refractivity contribution in [1.82, 2.24) is 10.6 Å². The minimum Gasteiger partial charge on any atom is -0.356 e. The highest BCUT2D eigenvalue weighted by molar-refractivity contribution is 14.0. The lowest BCUT2D eigenvalue weighted by molar-refractivity contribution is -0.116. The number of halogens is 1. The van der Waals surface area contributed by atoms with Gasteiger partial charge in [-0.2, -0.15) is 0 Å². The molecule has 0 atom stereocenters. The van der Waals surface area contributed by atoms with Crippen LogP contribution in [0.2, 0.25) is 0 Å². The third-order valence-electron chi connectivity index (χ3n) is 3.50. The summed E-state index contributed by atoms with van der Waals surface area (Å²) in [5.41, 5.74) is 1.94. The van der Waals surface area contributed by atoms with Gasteiger partial charge in [-0.3, -0.25) is 9.79 Å². The maximum absolute atomic E-state index is 11.9. The van der Waals surface area contributed by atoms with Gasteiger partial charge < -0.3 is 16.0 Å². The summed E-state index contributed by atoms with van der Waals surface area (Å²) in [7, 11) is 1.77. The van der Waals surface area contributed by atoms with Crippen LogP contribution in [0.1, 0.15) is 46.1 Å². The Bertz CT molecular complexity index is 544. The molecule has 0 fully saturated rings. The molecule has 0 saturated carbocycles. The summed E-state index contributed by atoms with van der Waals surface area (Å²) in [5, 5.41) is 9.56. The summed E-state index contributed by atoms with van der Waals surface area (Å²) < 4.78 is 0. The smallest absolute Gasteiger partial charge is 0.224 e. The quantitative estimate of drug-likeness (QED) is 0.312. The number of carbonyl (C=O) groups is 1. The monoisotopic (exact) mass is 460 g/mol. The van der Waals surface area contributed by atoms with Crippen molar-refractivity contribution < 1.29 is 4.79 Å². The molecule has 5 nitrogen and oxygen atoms in total. The normalized spacial score (nSPS) is 11.2. The molecule has 1 rings (SSSR count). The second kappa shape index (κ2) is 13.0. The molecule has 0 aliphatic carbocycles. The maximum atomic E-state index is 11.9. The van der Waals surface area contributed by atoms with Gasteiger partial charge in [0.2, 0.25) is 5.91 Å². The number of nitrogens with zero attached hydrogens (tertiary/aromatic N) is 1. The van der Waals surface area contributed by atoms with E-state index in [4.69, 9.17) is 0 Å². The standard InChI is InChI=1S/C19H32N4O.HI/c1-14(2)9-10-21-19(20-5)22-13-16-7-6-8-17(12-16)23-18(24)11-15(3)4;/h6-8,12,14-15H,9-11,13H2,1-5H3,(H,23,24)(H2,20,21,22);1H.